The summed E-state index contributed by atoms with van der Waals surface area (Å²) >= 11 is 0. The van der Waals surface area contributed by atoms with Gasteiger partial charge in [0.05, 0.1) is 18.6 Å². The molecule has 1 aromatic carbocycles. The number of halogens is 1. The SMILES string of the molecule is CC(C)[C@H](N)C(=O)NCC(=O)N1CCCC1c1ccc(F)cc1. The van der Waals surface area contributed by atoms with Gasteiger partial charge >= 0.3 is 0 Å². The highest BCUT2D eigenvalue weighted by Gasteiger charge is 2.30. The van der Waals surface area contributed by atoms with Crippen LogP contribution in [0, 0.1) is 11.7 Å². The molecule has 0 radical (unpaired) electrons. The number of carbonyl (C=O) groups excluding carboxylic acids is 2. The number of rotatable bonds is 5. The van der Waals surface area contributed by atoms with E-state index in [9.17, 15) is 14.0 Å². The van der Waals surface area contributed by atoms with E-state index in [1.54, 1.807) is 17.0 Å². The molecule has 1 aromatic rings. The van der Waals surface area contributed by atoms with Crippen molar-refractivity contribution in [2.75, 3.05) is 13.1 Å². The summed E-state index contributed by atoms with van der Waals surface area (Å²) in [5.74, 6) is -0.726. The quantitative estimate of drug-likeness (QED) is 0.865. The molecule has 1 aliphatic rings. The number of nitrogens with one attached hydrogen (secondary N) is 1. The first kappa shape index (κ1) is 17.4. The molecule has 0 saturated carbocycles. The van der Waals surface area contributed by atoms with Gasteiger partial charge in [-0.1, -0.05) is 26.0 Å². The van der Waals surface area contributed by atoms with E-state index >= 15 is 0 Å². The summed E-state index contributed by atoms with van der Waals surface area (Å²) in [4.78, 5) is 26.0. The molecule has 2 rings (SSSR count). The second-order valence-electron chi connectivity index (χ2n) is 6.28. The number of hydrogen-bond acceptors (Lipinski definition) is 3. The maximum absolute atomic E-state index is 13.0. The van der Waals surface area contributed by atoms with Crippen molar-refractivity contribution in [3.63, 3.8) is 0 Å². The lowest BCUT2D eigenvalue weighted by Gasteiger charge is -2.25. The van der Waals surface area contributed by atoms with Crippen molar-refractivity contribution < 1.29 is 14.0 Å². The highest BCUT2D eigenvalue weighted by molar-refractivity contribution is 5.87. The molecule has 23 heavy (non-hydrogen) atoms. The first-order chi connectivity index (χ1) is 10.9. The predicted octanol–water partition coefficient (Wildman–Crippen LogP) is 1.59. The molecular weight excluding hydrogens is 297 g/mol. The van der Waals surface area contributed by atoms with Crippen molar-refractivity contribution in [2.24, 2.45) is 11.7 Å². The third-order valence-electron chi connectivity index (χ3n) is 4.26. The Morgan fingerprint density at radius 1 is 1.35 bits per heavy atom. The average Bonchev–Trinajstić information content (AvgIpc) is 3.01. The smallest absolute Gasteiger partial charge is 0.242 e. The Kier molecular flexibility index (Phi) is 5.71. The Hall–Kier alpha value is -1.95. The molecule has 0 bridgehead atoms. The second kappa shape index (κ2) is 7.55. The van der Waals surface area contributed by atoms with Crippen molar-refractivity contribution in [3.8, 4) is 0 Å². The zero-order chi connectivity index (χ0) is 17.0. The zero-order valence-corrected chi connectivity index (χ0v) is 13.6. The van der Waals surface area contributed by atoms with Gasteiger partial charge in [0.15, 0.2) is 0 Å². The lowest BCUT2D eigenvalue weighted by atomic mass is 10.0. The summed E-state index contributed by atoms with van der Waals surface area (Å²) in [6.07, 6.45) is 1.74. The molecule has 6 heteroatoms. The van der Waals surface area contributed by atoms with E-state index in [0.717, 1.165) is 18.4 Å². The molecule has 1 unspecified atom stereocenters. The topological polar surface area (TPSA) is 75.4 Å². The zero-order valence-electron chi connectivity index (χ0n) is 13.6. The van der Waals surface area contributed by atoms with Gasteiger partial charge in [-0.15, -0.1) is 0 Å². The van der Waals surface area contributed by atoms with E-state index < -0.39 is 6.04 Å². The standard InChI is InChI=1S/C17H24FN3O2/c1-11(2)16(19)17(23)20-10-15(22)21-9-3-4-14(21)12-5-7-13(18)8-6-12/h5-8,11,14,16H,3-4,9-10,19H2,1-2H3,(H,20,23)/t14?,16-/m0/s1. The first-order valence-corrected chi connectivity index (χ1v) is 7.98. The van der Waals surface area contributed by atoms with Gasteiger partial charge in [-0.2, -0.15) is 0 Å². The Labute approximate surface area is 136 Å². The van der Waals surface area contributed by atoms with E-state index in [4.69, 9.17) is 5.73 Å². The fourth-order valence-corrected chi connectivity index (χ4v) is 2.78. The van der Waals surface area contributed by atoms with E-state index in [0.29, 0.717) is 6.54 Å². The van der Waals surface area contributed by atoms with Gasteiger partial charge < -0.3 is 16.0 Å². The predicted molar refractivity (Wildman–Crippen MR) is 85.9 cm³/mol. The molecule has 1 heterocycles. The monoisotopic (exact) mass is 321 g/mol. The van der Waals surface area contributed by atoms with Crippen LogP contribution in [0.2, 0.25) is 0 Å². The Morgan fingerprint density at radius 2 is 2.00 bits per heavy atom. The van der Waals surface area contributed by atoms with Crippen molar-refractivity contribution >= 4 is 11.8 Å². The number of amides is 2. The molecule has 1 fully saturated rings. The number of hydrogen-bond donors (Lipinski definition) is 2. The van der Waals surface area contributed by atoms with Gasteiger partial charge in [0.25, 0.3) is 0 Å². The van der Waals surface area contributed by atoms with E-state index in [2.05, 4.69) is 5.32 Å². The van der Waals surface area contributed by atoms with Gasteiger partial charge in [-0.25, -0.2) is 4.39 Å². The summed E-state index contributed by atoms with van der Waals surface area (Å²) in [5, 5.41) is 2.61. The van der Waals surface area contributed by atoms with Crippen molar-refractivity contribution in [1.82, 2.24) is 10.2 Å². The molecule has 126 valence electrons. The highest BCUT2D eigenvalue weighted by atomic mass is 19.1. The maximum Gasteiger partial charge on any atom is 0.242 e. The molecule has 1 aliphatic heterocycles. The second-order valence-corrected chi connectivity index (χ2v) is 6.28. The van der Waals surface area contributed by atoms with Gasteiger partial charge in [0.2, 0.25) is 11.8 Å². The number of benzene rings is 1. The summed E-state index contributed by atoms with van der Waals surface area (Å²) in [6, 6.07) is 5.55. The summed E-state index contributed by atoms with van der Waals surface area (Å²) in [7, 11) is 0. The van der Waals surface area contributed by atoms with Crippen molar-refractivity contribution in [2.45, 2.75) is 38.8 Å². The number of nitrogens with two attached hydrogens (primary N) is 1. The van der Waals surface area contributed by atoms with Crippen LogP contribution in [0.4, 0.5) is 4.39 Å². The van der Waals surface area contributed by atoms with Gasteiger partial charge in [-0.05, 0) is 36.5 Å². The van der Waals surface area contributed by atoms with Gasteiger partial charge in [0, 0.05) is 6.54 Å². The van der Waals surface area contributed by atoms with E-state index in [-0.39, 0.29) is 36.1 Å². The van der Waals surface area contributed by atoms with Crippen LogP contribution in [-0.2, 0) is 9.59 Å². The number of likely N-dealkylation sites (tertiary alicyclic amines) is 1. The third-order valence-corrected chi connectivity index (χ3v) is 4.26. The van der Waals surface area contributed by atoms with Gasteiger partial charge in [-0.3, -0.25) is 9.59 Å². The lowest BCUT2D eigenvalue weighted by molar-refractivity contribution is -0.134. The molecule has 0 aromatic heterocycles. The third kappa shape index (κ3) is 4.28. The van der Waals surface area contributed by atoms with E-state index in [1.807, 2.05) is 13.8 Å². The number of nitrogens with zero attached hydrogens (tertiary/aromatic N) is 1. The lowest BCUT2D eigenvalue weighted by Crippen LogP contribution is -2.47. The average molecular weight is 321 g/mol. The van der Waals surface area contributed by atoms with E-state index in [1.165, 1.54) is 12.1 Å². The molecule has 3 N–H and O–H groups in total. The molecular formula is C17H24FN3O2. The van der Waals surface area contributed by atoms with Crippen LogP contribution in [0.25, 0.3) is 0 Å². The van der Waals surface area contributed by atoms with Crippen LogP contribution in [0.1, 0.15) is 38.3 Å². The molecule has 1 saturated heterocycles. The molecule has 0 aliphatic carbocycles. The Morgan fingerprint density at radius 3 is 2.61 bits per heavy atom. The highest BCUT2D eigenvalue weighted by Crippen LogP contribution is 2.31. The van der Waals surface area contributed by atoms with Crippen molar-refractivity contribution in [1.29, 1.82) is 0 Å². The molecule has 5 nitrogen and oxygen atoms in total. The molecule has 2 atom stereocenters. The first-order valence-electron chi connectivity index (χ1n) is 7.98. The fraction of sp³-hybridized carbons (Fsp3) is 0.529. The molecule has 0 spiro atoms. The minimum Gasteiger partial charge on any atom is -0.346 e. The van der Waals surface area contributed by atoms with Crippen LogP contribution in [0.5, 0.6) is 0 Å². The minimum absolute atomic E-state index is 0.0175. The normalized spacial score (nSPS) is 19.0. The van der Waals surface area contributed by atoms with Crippen molar-refractivity contribution in [3.05, 3.63) is 35.6 Å². The minimum atomic E-state index is -0.616. The summed E-state index contributed by atoms with van der Waals surface area (Å²) in [6.45, 7) is 4.30. The van der Waals surface area contributed by atoms with Crippen LogP contribution >= 0.6 is 0 Å². The van der Waals surface area contributed by atoms with Crippen LogP contribution < -0.4 is 11.1 Å². The maximum atomic E-state index is 13.0. The summed E-state index contributed by atoms with van der Waals surface area (Å²) in [5.41, 5.74) is 6.68. The van der Waals surface area contributed by atoms with Crippen LogP contribution in [-0.4, -0.2) is 35.8 Å². The number of carbonyl (C=O) groups is 2. The van der Waals surface area contributed by atoms with Gasteiger partial charge in [0.1, 0.15) is 5.82 Å². The Balaban J connectivity index is 1.95. The largest absolute Gasteiger partial charge is 0.346 e. The van der Waals surface area contributed by atoms with Crippen LogP contribution in [0.15, 0.2) is 24.3 Å². The molecule has 2 amide bonds. The summed E-state index contributed by atoms with van der Waals surface area (Å²) < 4.78 is 13.0. The fourth-order valence-electron chi connectivity index (χ4n) is 2.78. The Bertz CT molecular complexity index is 559. The van der Waals surface area contributed by atoms with Crippen LogP contribution in [0.3, 0.4) is 0 Å².